The maximum atomic E-state index is 9.40. The molecule has 3 heterocycles. The molecule has 0 bridgehead atoms. The van der Waals surface area contributed by atoms with Crippen LogP contribution in [-0.2, 0) is 13.1 Å². The summed E-state index contributed by atoms with van der Waals surface area (Å²) in [5.41, 5.74) is 3.89. The summed E-state index contributed by atoms with van der Waals surface area (Å²) in [6, 6.07) is 8.48. The Morgan fingerprint density at radius 2 is 2.23 bits per heavy atom. The number of hydrogen-bond acceptors (Lipinski definition) is 3. The van der Waals surface area contributed by atoms with Gasteiger partial charge in [-0.1, -0.05) is 6.07 Å². The zero-order chi connectivity index (χ0) is 15.5. The third kappa shape index (κ3) is 2.87. The molecular weight excluding hydrogens is 274 g/mol. The van der Waals surface area contributed by atoms with E-state index in [4.69, 9.17) is 0 Å². The molecule has 112 valence electrons. The van der Waals surface area contributed by atoms with E-state index >= 15 is 0 Å². The van der Waals surface area contributed by atoms with Crippen molar-refractivity contribution in [3.05, 3.63) is 59.7 Å². The maximum Gasteiger partial charge on any atom is 0.102 e. The zero-order valence-corrected chi connectivity index (χ0v) is 12.8. The monoisotopic (exact) mass is 293 g/mol. The van der Waals surface area contributed by atoms with E-state index in [1.807, 2.05) is 59.0 Å². The van der Waals surface area contributed by atoms with E-state index < -0.39 is 0 Å². The lowest BCUT2D eigenvalue weighted by Crippen LogP contribution is -2.30. The summed E-state index contributed by atoms with van der Waals surface area (Å²) in [4.78, 5) is 0. The molecular formula is C17H19N5. The van der Waals surface area contributed by atoms with Gasteiger partial charge < -0.3 is 9.72 Å². The van der Waals surface area contributed by atoms with Gasteiger partial charge in [0.25, 0.3) is 0 Å². The third-order valence-electron chi connectivity index (χ3n) is 3.74. The lowest BCUT2D eigenvalue weighted by Gasteiger charge is -2.13. The van der Waals surface area contributed by atoms with Gasteiger partial charge in [-0.2, -0.15) is 10.4 Å². The van der Waals surface area contributed by atoms with Gasteiger partial charge in [0.2, 0.25) is 0 Å². The molecule has 3 aromatic rings. The van der Waals surface area contributed by atoms with Crippen LogP contribution in [0.15, 0.2) is 43.0 Å². The number of nitriles is 1. The van der Waals surface area contributed by atoms with E-state index in [2.05, 4.69) is 23.4 Å². The summed E-state index contributed by atoms with van der Waals surface area (Å²) in [5.74, 6) is 0. The second kappa shape index (κ2) is 6.04. The molecule has 5 nitrogen and oxygen atoms in total. The predicted octanol–water partition coefficient (Wildman–Crippen LogP) is 2.49. The standard InChI is InChI=1S/C17H19N5/c1-13-8-20-22(10-13)11-14(2)19-9-15-12-21-6-4-3-5-17(21)16(15)7-18/h3-6,8,10,12,14,19H,9,11H2,1-2H3/t14-/m1/s1. The van der Waals surface area contributed by atoms with Crippen LogP contribution in [0.2, 0.25) is 0 Å². The van der Waals surface area contributed by atoms with Gasteiger partial charge in [0.05, 0.1) is 23.8 Å². The molecule has 0 saturated carbocycles. The van der Waals surface area contributed by atoms with E-state index in [0.29, 0.717) is 6.54 Å². The van der Waals surface area contributed by atoms with Crippen LogP contribution < -0.4 is 5.32 Å². The number of nitrogens with zero attached hydrogens (tertiary/aromatic N) is 4. The number of rotatable bonds is 5. The number of fused-ring (bicyclic) bond motifs is 1. The molecule has 0 aliphatic carbocycles. The molecule has 1 N–H and O–H groups in total. The average Bonchev–Trinajstić information content (AvgIpc) is 3.07. The first-order valence-electron chi connectivity index (χ1n) is 7.38. The molecule has 0 radical (unpaired) electrons. The van der Waals surface area contributed by atoms with Crippen molar-refractivity contribution in [2.75, 3.05) is 0 Å². The first kappa shape index (κ1) is 14.4. The Labute approximate surface area is 129 Å². The first-order valence-corrected chi connectivity index (χ1v) is 7.38. The van der Waals surface area contributed by atoms with Crippen LogP contribution in [0.4, 0.5) is 0 Å². The van der Waals surface area contributed by atoms with Crippen LogP contribution in [0.5, 0.6) is 0 Å². The van der Waals surface area contributed by atoms with Gasteiger partial charge in [-0.25, -0.2) is 0 Å². The Morgan fingerprint density at radius 1 is 1.36 bits per heavy atom. The minimum absolute atomic E-state index is 0.272. The van der Waals surface area contributed by atoms with Gasteiger partial charge in [0.1, 0.15) is 6.07 Å². The third-order valence-corrected chi connectivity index (χ3v) is 3.74. The molecule has 0 spiro atoms. The normalized spacial score (nSPS) is 12.4. The average molecular weight is 293 g/mol. The van der Waals surface area contributed by atoms with Crippen molar-refractivity contribution < 1.29 is 0 Å². The van der Waals surface area contributed by atoms with Crippen LogP contribution in [0.3, 0.4) is 0 Å². The Morgan fingerprint density at radius 3 is 2.95 bits per heavy atom. The molecule has 0 unspecified atom stereocenters. The van der Waals surface area contributed by atoms with E-state index in [-0.39, 0.29) is 6.04 Å². The fourth-order valence-corrected chi connectivity index (χ4v) is 2.64. The van der Waals surface area contributed by atoms with Crippen LogP contribution in [0.25, 0.3) is 5.52 Å². The molecule has 5 heteroatoms. The van der Waals surface area contributed by atoms with E-state index in [0.717, 1.165) is 28.8 Å². The maximum absolute atomic E-state index is 9.40. The fraction of sp³-hybridized carbons (Fsp3) is 0.294. The van der Waals surface area contributed by atoms with Crippen molar-refractivity contribution in [1.29, 1.82) is 5.26 Å². The van der Waals surface area contributed by atoms with E-state index in [9.17, 15) is 5.26 Å². The summed E-state index contributed by atoms with van der Waals surface area (Å²) in [5, 5.41) is 17.2. The fourth-order valence-electron chi connectivity index (χ4n) is 2.64. The van der Waals surface area contributed by atoms with Gasteiger partial charge in [-0.05, 0) is 31.5 Å². The quantitative estimate of drug-likeness (QED) is 0.786. The molecule has 22 heavy (non-hydrogen) atoms. The van der Waals surface area contributed by atoms with Crippen molar-refractivity contribution in [3.8, 4) is 6.07 Å². The van der Waals surface area contributed by atoms with E-state index in [1.54, 1.807) is 0 Å². The highest BCUT2D eigenvalue weighted by Crippen LogP contribution is 2.17. The largest absolute Gasteiger partial charge is 0.322 e. The molecule has 0 aliphatic rings. The molecule has 3 rings (SSSR count). The SMILES string of the molecule is Cc1cnn(C[C@@H](C)NCc2cn3ccccc3c2C#N)c1. The van der Waals surface area contributed by atoms with Crippen molar-refractivity contribution >= 4 is 5.52 Å². The first-order chi connectivity index (χ1) is 10.7. The highest BCUT2D eigenvalue weighted by atomic mass is 15.3. The highest BCUT2D eigenvalue weighted by molar-refractivity contribution is 5.65. The number of aryl methyl sites for hydroxylation is 1. The number of aromatic nitrogens is 3. The van der Waals surface area contributed by atoms with Gasteiger partial charge >= 0.3 is 0 Å². The van der Waals surface area contributed by atoms with E-state index in [1.165, 1.54) is 0 Å². The molecule has 0 fully saturated rings. The lowest BCUT2D eigenvalue weighted by molar-refractivity contribution is 0.450. The van der Waals surface area contributed by atoms with Crippen LogP contribution in [0.1, 0.15) is 23.6 Å². The summed E-state index contributed by atoms with van der Waals surface area (Å²) in [6.07, 6.45) is 7.88. The minimum atomic E-state index is 0.272. The highest BCUT2D eigenvalue weighted by Gasteiger charge is 2.11. The Balaban J connectivity index is 1.70. The minimum Gasteiger partial charge on any atom is -0.322 e. The predicted molar refractivity (Wildman–Crippen MR) is 85.4 cm³/mol. The molecule has 3 aromatic heterocycles. The van der Waals surface area contributed by atoms with Crippen LogP contribution in [-0.4, -0.2) is 20.2 Å². The van der Waals surface area contributed by atoms with Gasteiger partial charge in [-0.15, -0.1) is 0 Å². The summed E-state index contributed by atoms with van der Waals surface area (Å²) in [7, 11) is 0. The molecule has 1 atom stereocenters. The van der Waals surface area contributed by atoms with Crippen LogP contribution >= 0.6 is 0 Å². The van der Waals surface area contributed by atoms with Crippen LogP contribution in [0, 0.1) is 18.3 Å². The Kier molecular flexibility index (Phi) is 3.94. The number of hydrogen-bond donors (Lipinski definition) is 1. The smallest absolute Gasteiger partial charge is 0.102 e. The molecule has 0 amide bonds. The molecule has 0 saturated heterocycles. The van der Waals surface area contributed by atoms with Crippen molar-refractivity contribution in [2.24, 2.45) is 0 Å². The Bertz CT molecular complexity index is 821. The summed E-state index contributed by atoms with van der Waals surface area (Å²) in [6.45, 7) is 5.64. The number of pyridine rings is 1. The zero-order valence-electron chi connectivity index (χ0n) is 12.8. The van der Waals surface area contributed by atoms with Crippen molar-refractivity contribution in [2.45, 2.75) is 33.0 Å². The lowest BCUT2D eigenvalue weighted by atomic mass is 10.1. The second-order valence-electron chi connectivity index (χ2n) is 5.66. The molecule has 0 aliphatic heterocycles. The summed E-state index contributed by atoms with van der Waals surface area (Å²) < 4.78 is 3.94. The van der Waals surface area contributed by atoms with Crippen molar-refractivity contribution in [3.63, 3.8) is 0 Å². The van der Waals surface area contributed by atoms with Crippen molar-refractivity contribution in [1.82, 2.24) is 19.5 Å². The number of nitrogens with one attached hydrogen (secondary N) is 1. The summed E-state index contributed by atoms with van der Waals surface area (Å²) >= 11 is 0. The van der Waals surface area contributed by atoms with Gasteiger partial charge in [0, 0.05) is 36.7 Å². The van der Waals surface area contributed by atoms with Gasteiger partial charge in [-0.3, -0.25) is 4.68 Å². The van der Waals surface area contributed by atoms with Gasteiger partial charge in [0.15, 0.2) is 0 Å². The second-order valence-corrected chi connectivity index (χ2v) is 5.66. The Hall–Kier alpha value is -2.58. The topological polar surface area (TPSA) is 58.1 Å². The molecule has 0 aromatic carbocycles.